The van der Waals surface area contributed by atoms with Gasteiger partial charge in [0.15, 0.2) is 5.96 Å². The SMILES string of the molecule is CN=C(NCc1cnn(C)c1)N1CCN(c2cccc(OC)c2)CC1.I. The molecule has 2 aromatic rings. The largest absolute Gasteiger partial charge is 0.497 e. The topological polar surface area (TPSA) is 57.9 Å². The average molecular weight is 470 g/mol. The smallest absolute Gasteiger partial charge is 0.194 e. The zero-order valence-corrected chi connectivity index (χ0v) is 17.9. The van der Waals surface area contributed by atoms with Gasteiger partial charge in [-0.15, -0.1) is 24.0 Å². The number of nitrogens with one attached hydrogen (secondary N) is 1. The van der Waals surface area contributed by atoms with Gasteiger partial charge < -0.3 is 19.9 Å². The van der Waals surface area contributed by atoms with Gasteiger partial charge in [0, 0.05) is 70.3 Å². The van der Waals surface area contributed by atoms with E-state index in [2.05, 4.69) is 37.3 Å². The molecule has 7 nitrogen and oxygen atoms in total. The minimum absolute atomic E-state index is 0. The number of aromatic nitrogens is 2. The molecule has 1 N–H and O–H groups in total. The molecule has 26 heavy (non-hydrogen) atoms. The number of halogens is 1. The molecule has 0 unspecified atom stereocenters. The van der Waals surface area contributed by atoms with E-state index >= 15 is 0 Å². The number of guanidine groups is 1. The maximum absolute atomic E-state index is 5.33. The molecule has 1 saturated heterocycles. The number of aliphatic imine (C=N–C) groups is 1. The van der Waals surface area contributed by atoms with E-state index in [1.807, 2.05) is 43.3 Å². The van der Waals surface area contributed by atoms with Gasteiger partial charge in [-0.25, -0.2) is 0 Å². The molecular weight excluding hydrogens is 443 g/mol. The Bertz CT molecular complexity index is 724. The first-order chi connectivity index (χ1) is 12.2. The van der Waals surface area contributed by atoms with E-state index in [1.165, 1.54) is 5.69 Å². The van der Waals surface area contributed by atoms with Crippen LogP contribution in [0.3, 0.4) is 0 Å². The van der Waals surface area contributed by atoms with Gasteiger partial charge >= 0.3 is 0 Å². The van der Waals surface area contributed by atoms with Crippen LogP contribution in [0.25, 0.3) is 0 Å². The van der Waals surface area contributed by atoms with Gasteiger partial charge in [0.1, 0.15) is 5.75 Å². The highest BCUT2D eigenvalue weighted by Gasteiger charge is 2.20. The average Bonchev–Trinajstić information content (AvgIpc) is 3.08. The van der Waals surface area contributed by atoms with Crippen molar-refractivity contribution in [3.05, 3.63) is 42.2 Å². The molecule has 0 amide bonds. The van der Waals surface area contributed by atoms with Crippen LogP contribution >= 0.6 is 24.0 Å². The summed E-state index contributed by atoms with van der Waals surface area (Å²) in [4.78, 5) is 9.11. The van der Waals surface area contributed by atoms with Crippen LogP contribution in [0.4, 0.5) is 5.69 Å². The lowest BCUT2D eigenvalue weighted by Gasteiger charge is -2.37. The Hall–Kier alpha value is -1.97. The number of nitrogens with zero attached hydrogens (tertiary/aromatic N) is 5. The van der Waals surface area contributed by atoms with Crippen LogP contribution in [0.15, 0.2) is 41.7 Å². The minimum Gasteiger partial charge on any atom is -0.497 e. The minimum atomic E-state index is 0. The van der Waals surface area contributed by atoms with E-state index in [-0.39, 0.29) is 24.0 Å². The summed E-state index contributed by atoms with van der Waals surface area (Å²) in [5.41, 5.74) is 2.36. The van der Waals surface area contributed by atoms with Crippen molar-refractivity contribution in [2.75, 3.05) is 45.2 Å². The molecule has 8 heteroatoms. The van der Waals surface area contributed by atoms with Gasteiger partial charge in [0.25, 0.3) is 0 Å². The Labute approximate surface area is 172 Å². The van der Waals surface area contributed by atoms with Gasteiger partial charge in [0.05, 0.1) is 13.3 Å². The van der Waals surface area contributed by atoms with Gasteiger partial charge in [0.2, 0.25) is 0 Å². The van der Waals surface area contributed by atoms with Crippen molar-refractivity contribution in [3.63, 3.8) is 0 Å². The van der Waals surface area contributed by atoms with Crippen molar-refractivity contribution in [2.45, 2.75) is 6.54 Å². The Kier molecular flexibility index (Phi) is 7.55. The normalized spacial score (nSPS) is 14.8. The second-order valence-electron chi connectivity index (χ2n) is 6.10. The number of rotatable bonds is 4. The zero-order valence-electron chi connectivity index (χ0n) is 15.6. The third-order valence-corrected chi connectivity index (χ3v) is 4.42. The summed E-state index contributed by atoms with van der Waals surface area (Å²) < 4.78 is 7.14. The van der Waals surface area contributed by atoms with Gasteiger partial charge in [-0.3, -0.25) is 9.67 Å². The fourth-order valence-corrected chi connectivity index (χ4v) is 3.06. The Morgan fingerprint density at radius 3 is 2.65 bits per heavy atom. The fourth-order valence-electron chi connectivity index (χ4n) is 3.06. The molecule has 0 atom stereocenters. The molecule has 0 aliphatic carbocycles. The van der Waals surface area contributed by atoms with E-state index < -0.39 is 0 Å². The third kappa shape index (κ3) is 5.03. The van der Waals surface area contributed by atoms with E-state index in [0.29, 0.717) is 0 Å². The fraction of sp³-hybridized carbons (Fsp3) is 0.444. The van der Waals surface area contributed by atoms with Gasteiger partial charge in [-0.05, 0) is 12.1 Å². The third-order valence-electron chi connectivity index (χ3n) is 4.42. The second kappa shape index (κ2) is 9.65. The Morgan fingerprint density at radius 2 is 2.04 bits per heavy atom. The zero-order chi connectivity index (χ0) is 17.6. The van der Waals surface area contributed by atoms with Crippen LogP contribution in [-0.2, 0) is 13.6 Å². The van der Waals surface area contributed by atoms with E-state index in [1.54, 1.807) is 7.11 Å². The monoisotopic (exact) mass is 470 g/mol. The van der Waals surface area contributed by atoms with Crippen LogP contribution in [0.2, 0.25) is 0 Å². The van der Waals surface area contributed by atoms with Crippen LogP contribution in [0, 0.1) is 0 Å². The maximum Gasteiger partial charge on any atom is 0.194 e. The first kappa shape index (κ1) is 20.3. The highest BCUT2D eigenvalue weighted by Crippen LogP contribution is 2.22. The highest BCUT2D eigenvalue weighted by atomic mass is 127. The molecule has 0 saturated carbocycles. The van der Waals surface area contributed by atoms with Crippen molar-refractivity contribution in [1.29, 1.82) is 0 Å². The number of hydrogen-bond donors (Lipinski definition) is 1. The molecule has 0 spiro atoms. The molecule has 2 heterocycles. The molecule has 1 aliphatic heterocycles. The number of benzene rings is 1. The van der Waals surface area contributed by atoms with Crippen LogP contribution in [0.1, 0.15) is 5.56 Å². The summed E-state index contributed by atoms with van der Waals surface area (Å²) in [6, 6.07) is 8.23. The highest BCUT2D eigenvalue weighted by molar-refractivity contribution is 14.0. The molecule has 3 rings (SSSR count). The molecule has 142 valence electrons. The first-order valence-electron chi connectivity index (χ1n) is 8.51. The van der Waals surface area contributed by atoms with Gasteiger partial charge in [-0.2, -0.15) is 5.10 Å². The Morgan fingerprint density at radius 1 is 1.27 bits per heavy atom. The number of methoxy groups -OCH3 is 1. The summed E-state index contributed by atoms with van der Waals surface area (Å²) in [5, 5.41) is 7.62. The van der Waals surface area contributed by atoms with Crippen LogP contribution in [0.5, 0.6) is 5.75 Å². The summed E-state index contributed by atoms with van der Waals surface area (Å²) in [6.45, 7) is 4.52. The predicted octanol–water partition coefficient (Wildman–Crippen LogP) is 1.94. The molecule has 1 fully saturated rings. The van der Waals surface area contributed by atoms with Crippen LogP contribution in [-0.4, -0.2) is 61.0 Å². The first-order valence-corrected chi connectivity index (χ1v) is 8.51. The molecule has 1 aromatic heterocycles. The number of anilines is 1. The number of aryl methyl sites for hydroxylation is 1. The van der Waals surface area contributed by atoms with Crippen molar-refractivity contribution in [1.82, 2.24) is 20.0 Å². The van der Waals surface area contributed by atoms with Crippen LogP contribution < -0.4 is 15.0 Å². The van der Waals surface area contributed by atoms with E-state index in [0.717, 1.165) is 50.0 Å². The summed E-state index contributed by atoms with van der Waals surface area (Å²) in [5.74, 6) is 1.84. The van der Waals surface area contributed by atoms with Crippen molar-refractivity contribution >= 4 is 35.6 Å². The molecule has 0 bridgehead atoms. The number of hydrogen-bond acceptors (Lipinski definition) is 4. The van der Waals surface area contributed by atoms with E-state index in [9.17, 15) is 0 Å². The maximum atomic E-state index is 5.33. The van der Waals surface area contributed by atoms with Crippen molar-refractivity contribution < 1.29 is 4.74 Å². The lowest BCUT2D eigenvalue weighted by Crippen LogP contribution is -2.52. The summed E-state index contributed by atoms with van der Waals surface area (Å²) in [7, 11) is 5.46. The van der Waals surface area contributed by atoms with Gasteiger partial charge in [-0.1, -0.05) is 6.07 Å². The molecule has 1 aromatic carbocycles. The second-order valence-corrected chi connectivity index (χ2v) is 6.10. The summed E-state index contributed by atoms with van der Waals surface area (Å²) >= 11 is 0. The molecular formula is C18H27IN6O. The van der Waals surface area contributed by atoms with Crippen molar-refractivity contribution in [3.8, 4) is 5.75 Å². The predicted molar refractivity (Wildman–Crippen MR) is 116 cm³/mol. The molecule has 0 radical (unpaired) electrons. The standard InChI is InChI=1S/C18H26N6O.HI/c1-19-18(20-12-15-13-21-22(2)14-15)24-9-7-23(8-10-24)16-5-4-6-17(11-16)25-3;/h4-6,11,13-14H,7-10,12H2,1-3H3,(H,19,20);1H. The lowest BCUT2D eigenvalue weighted by molar-refractivity contribution is 0.372. The number of piperazine rings is 1. The lowest BCUT2D eigenvalue weighted by atomic mass is 10.2. The van der Waals surface area contributed by atoms with E-state index in [4.69, 9.17) is 4.74 Å². The number of ether oxygens (including phenoxy) is 1. The summed E-state index contributed by atoms with van der Waals surface area (Å²) in [6.07, 6.45) is 3.89. The molecule has 1 aliphatic rings. The Balaban J connectivity index is 0.00000243. The quantitative estimate of drug-likeness (QED) is 0.421. The van der Waals surface area contributed by atoms with Crippen molar-refractivity contribution in [2.24, 2.45) is 12.0 Å².